The van der Waals surface area contributed by atoms with Crippen molar-refractivity contribution >= 4 is 11.6 Å². The first-order valence-corrected chi connectivity index (χ1v) is 6.73. The van der Waals surface area contributed by atoms with Crippen LogP contribution in [0.5, 0.6) is 0 Å². The number of hydrogen-bond acceptors (Lipinski definition) is 2. The molecular weight excluding hydrogens is 246 g/mol. The summed E-state index contributed by atoms with van der Waals surface area (Å²) in [6.07, 6.45) is 2.34. The molecule has 1 aliphatic rings. The molecule has 1 saturated heterocycles. The van der Waals surface area contributed by atoms with Gasteiger partial charge in [0.05, 0.1) is 10.7 Å². The Bertz CT molecular complexity index is 529. The molecule has 0 spiro atoms. The summed E-state index contributed by atoms with van der Waals surface area (Å²) >= 11 is 6.19. The Kier molecular flexibility index (Phi) is 3.35. The molecule has 0 amide bonds. The highest BCUT2D eigenvalue weighted by molar-refractivity contribution is 6.33. The van der Waals surface area contributed by atoms with Crippen molar-refractivity contribution in [1.29, 1.82) is 0 Å². The molecule has 0 saturated carbocycles. The van der Waals surface area contributed by atoms with Crippen LogP contribution in [0.1, 0.15) is 24.5 Å². The number of H-pyrrole nitrogens is 1. The van der Waals surface area contributed by atoms with Crippen LogP contribution in [0.3, 0.4) is 0 Å². The predicted molar refractivity (Wildman–Crippen MR) is 73.9 cm³/mol. The minimum atomic E-state index is 0.593. The van der Waals surface area contributed by atoms with E-state index in [1.807, 2.05) is 24.3 Å². The van der Waals surface area contributed by atoms with Crippen molar-refractivity contribution in [3.63, 3.8) is 0 Å². The Morgan fingerprint density at radius 1 is 1.17 bits per heavy atom. The fraction of sp³-hybridized carbons (Fsp3) is 0.357. The number of rotatable bonds is 2. The molecule has 3 nitrogen and oxygen atoms in total. The van der Waals surface area contributed by atoms with Gasteiger partial charge >= 0.3 is 0 Å². The van der Waals surface area contributed by atoms with E-state index in [0.717, 1.165) is 29.4 Å². The van der Waals surface area contributed by atoms with Crippen LogP contribution in [-0.2, 0) is 0 Å². The number of aromatic amines is 1. The van der Waals surface area contributed by atoms with Crippen molar-refractivity contribution in [3.8, 4) is 11.3 Å². The van der Waals surface area contributed by atoms with Gasteiger partial charge in [-0.3, -0.25) is 5.10 Å². The molecule has 1 fully saturated rings. The SMILES string of the molecule is Clc1ccccc1-c1cc(C2CCNCC2)[nH]n1. The van der Waals surface area contributed by atoms with Gasteiger partial charge in [0.2, 0.25) is 0 Å². The molecule has 3 rings (SSSR count). The molecule has 94 valence electrons. The molecule has 4 heteroatoms. The van der Waals surface area contributed by atoms with Crippen LogP contribution in [0, 0.1) is 0 Å². The number of halogens is 1. The smallest absolute Gasteiger partial charge is 0.0938 e. The Morgan fingerprint density at radius 2 is 1.94 bits per heavy atom. The lowest BCUT2D eigenvalue weighted by molar-refractivity contribution is 0.453. The van der Waals surface area contributed by atoms with Gasteiger partial charge in [0, 0.05) is 17.2 Å². The molecule has 0 unspecified atom stereocenters. The first kappa shape index (κ1) is 11.8. The van der Waals surface area contributed by atoms with Crippen molar-refractivity contribution in [2.24, 2.45) is 0 Å². The van der Waals surface area contributed by atoms with E-state index in [1.54, 1.807) is 0 Å². The maximum Gasteiger partial charge on any atom is 0.0938 e. The van der Waals surface area contributed by atoms with Crippen LogP contribution in [0.2, 0.25) is 5.02 Å². The standard InChI is InChI=1S/C14H16ClN3/c15-12-4-2-1-3-11(12)14-9-13(17-18-14)10-5-7-16-8-6-10/h1-4,9-10,16H,5-8H2,(H,17,18). The first-order chi connectivity index (χ1) is 8.84. The molecule has 2 N–H and O–H groups in total. The summed E-state index contributed by atoms with van der Waals surface area (Å²) in [5, 5.41) is 11.7. The van der Waals surface area contributed by atoms with Crippen molar-refractivity contribution in [2.45, 2.75) is 18.8 Å². The Balaban J connectivity index is 1.87. The number of nitrogens with one attached hydrogen (secondary N) is 2. The first-order valence-electron chi connectivity index (χ1n) is 6.35. The highest BCUT2D eigenvalue weighted by Gasteiger charge is 2.18. The van der Waals surface area contributed by atoms with Crippen LogP contribution in [0.25, 0.3) is 11.3 Å². The molecule has 1 aliphatic heterocycles. The summed E-state index contributed by atoms with van der Waals surface area (Å²) in [7, 11) is 0. The largest absolute Gasteiger partial charge is 0.317 e. The van der Waals surface area contributed by atoms with E-state index >= 15 is 0 Å². The summed E-state index contributed by atoms with van der Waals surface area (Å²) in [5.41, 5.74) is 3.16. The molecular formula is C14H16ClN3. The third-order valence-corrected chi connectivity index (χ3v) is 3.86. The fourth-order valence-corrected chi connectivity index (χ4v) is 2.72. The lowest BCUT2D eigenvalue weighted by Gasteiger charge is -2.20. The van der Waals surface area contributed by atoms with E-state index in [2.05, 4.69) is 21.6 Å². The quantitative estimate of drug-likeness (QED) is 0.872. The van der Waals surface area contributed by atoms with E-state index in [4.69, 9.17) is 11.6 Å². The van der Waals surface area contributed by atoms with Gasteiger partial charge in [-0.2, -0.15) is 5.10 Å². The monoisotopic (exact) mass is 261 g/mol. The lowest BCUT2D eigenvalue weighted by Crippen LogP contribution is -2.26. The highest BCUT2D eigenvalue weighted by atomic mass is 35.5. The molecule has 2 heterocycles. The number of piperidine rings is 1. The lowest BCUT2D eigenvalue weighted by atomic mass is 9.94. The minimum absolute atomic E-state index is 0.593. The molecule has 0 bridgehead atoms. The predicted octanol–water partition coefficient (Wildman–Crippen LogP) is 3.20. The van der Waals surface area contributed by atoms with E-state index in [9.17, 15) is 0 Å². The number of benzene rings is 1. The average molecular weight is 262 g/mol. The van der Waals surface area contributed by atoms with Crippen molar-refractivity contribution in [3.05, 3.63) is 41.0 Å². The summed E-state index contributed by atoms with van der Waals surface area (Å²) in [6.45, 7) is 2.18. The van der Waals surface area contributed by atoms with Gasteiger partial charge in [-0.1, -0.05) is 29.8 Å². The summed E-state index contributed by atoms with van der Waals surface area (Å²) in [6, 6.07) is 9.96. The second kappa shape index (κ2) is 5.12. The van der Waals surface area contributed by atoms with Gasteiger partial charge in [0.25, 0.3) is 0 Å². The van der Waals surface area contributed by atoms with Gasteiger partial charge in [-0.25, -0.2) is 0 Å². The van der Waals surface area contributed by atoms with Crippen molar-refractivity contribution in [1.82, 2.24) is 15.5 Å². The maximum absolute atomic E-state index is 6.19. The molecule has 18 heavy (non-hydrogen) atoms. The summed E-state index contributed by atoms with van der Waals surface area (Å²) in [5.74, 6) is 0.593. The van der Waals surface area contributed by atoms with Crippen molar-refractivity contribution in [2.75, 3.05) is 13.1 Å². The van der Waals surface area contributed by atoms with Crippen molar-refractivity contribution < 1.29 is 0 Å². The number of nitrogens with zero attached hydrogens (tertiary/aromatic N) is 1. The van der Waals surface area contributed by atoms with E-state index in [1.165, 1.54) is 18.5 Å². The maximum atomic E-state index is 6.19. The Morgan fingerprint density at radius 3 is 2.72 bits per heavy atom. The third-order valence-electron chi connectivity index (χ3n) is 3.53. The zero-order chi connectivity index (χ0) is 12.4. The molecule has 2 aromatic rings. The second-order valence-corrected chi connectivity index (χ2v) is 5.12. The minimum Gasteiger partial charge on any atom is -0.317 e. The Hall–Kier alpha value is -1.32. The Labute approximate surface area is 112 Å². The second-order valence-electron chi connectivity index (χ2n) is 4.71. The van der Waals surface area contributed by atoms with Crippen LogP contribution in [-0.4, -0.2) is 23.3 Å². The number of aromatic nitrogens is 2. The van der Waals surface area contributed by atoms with Gasteiger partial charge in [-0.15, -0.1) is 0 Å². The fourth-order valence-electron chi connectivity index (χ4n) is 2.49. The van der Waals surface area contributed by atoms with Crippen LogP contribution in [0.15, 0.2) is 30.3 Å². The zero-order valence-electron chi connectivity index (χ0n) is 10.1. The van der Waals surface area contributed by atoms with Crippen LogP contribution < -0.4 is 5.32 Å². The van der Waals surface area contributed by atoms with Gasteiger partial charge in [0.1, 0.15) is 0 Å². The average Bonchev–Trinajstić information content (AvgIpc) is 2.90. The van der Waals surface area contributed by atoms with E-state index in [0.29, 0.717) is 5.92 Å². The topological polar surface area (TPSA) is 40.7 Å². The van der Waals surface area contributed by atoms with E-state index < -0.39 is 0 Å². The third kappa shape index (κ3) is 2.28. The summed E-state index contributed by atoms with van der Waals surface area (Å²) in [4.78, 5) is 0. The number of hydrogen-bond donors (Lipinski definition) is 2. The molecule has 0 aliphatic carbocycles. The van der Waals surface area contributed by atoms with Crippen LogP contribution in [0.4, 0.5) is 0 Å². The normalized spacial score (nSPS) is 16.9. The summed E-state index contributed by atoms with van der Waals surface area (Å²) < 4.78 is 0. The van der Waals surface area contributed by atoms with Gasteiger partial charge in [0.15, 0.2) is 0 Å². The molecule has 1 aromatic carbocycles. The molecule has 1 aromatic heterocycles. The van der Waals surface area contributed by atoms with Crippen LogP contribution >= 0.6 is 11.6 Å². The molecule has 0 radical (unpaired) electrons. The molecule has 0 atom stereocenters. The van der Waals surface area contributed by atoms with Gasteiger partial charge < -0.3 is 5.32 Å². The van der Waals surface area contributed by atoms with Gasteiger partial charge in [-0.05, 0) is 38.1 Å². The van der Waals surface area contributed by atoms with E-state index in [-0.39, 0.29) is 0 Å². The highest BCUT2D eigenvalue weighted by Crippen LogP contribution is 2.30. The zero-order valence-corrected chi connectivity index (χ0v) is 10.9.